The SMILES string of the molecule is COCC(=O)O[C@]1(CCN(C)CC2CCC(c3nc4ccccc4n3C)CC2)CCc2cc(F)ccc2[C@@H]1C(C)C. The number of aryl methyl sites for hydroxylation is 2. The monoisotopic (exact) mass is 563 g/mol. The number of ether oxygens (including phenoxy) is 2. The fourth-order valence-corrected chi connectivity index (χ4v) is 7.71. The zero-order chi connectivity index (χ0) is 29.1. The molecule has 2 aromatic carbocycles. The first kappa shape index (κ1) is 29.7. The first-order chi connectivity index (χ1) is 19.7. The summed E-state index contributed by atoms with van der Waals surface area (Å²) in [6.07, 6.45) is 6.85. The minimum atomic E-state index is -0.638. The Morgan fingerprint density at radius 1 is 1.17 bits per heavy atom. The number of para-hydroxylation sites is 2. The van der Waals surface area contributed by atoms with Gasteiger partial charge >= 0.3 is 5.97 Å². The fourth-order valence-electron chi connectivity index (χ4n) is 7.71. The predicted octanol–water partition coefficient (Wildman–Crippen LogP) is 6.62. The van der Waals surface area contributed by atoms with Crippen molar-refractivity contribution in [2.75, 3.05) is 33.9 Å². The van der Waals surface area contributed by atoms with Gasteiger partial charge in [0.05, 0.1) is 11.0 Å². The average Bonchev–Trinajstić information content (AvgIpc) is 3.28. The maximum atomic E-state index is 14.1. The van der Waals surface area contributed by atoms with Crippen LogP contribution in [0.4, 0.5) is 4.39 Å². The molecule has 0 aliphatic heterocycles. The Morgan fingerprint density at radius 3 is 2.63 bits per heavy atom. The average molecular weight is 564 g/mol. The molecule has 2 aliphatic carbocycles. The molecule has 222 valence electrons. The van der Waals surface area contributed by atoms with E-state index in [-0.39, 0.29) is 30.2 Å². The number of carbonyl (C=O) groups is 1. The van der Waals surface area contributed by atoms with Crippen LogP contribution < -0.4 is 0 Å². The van der Waals surface area contributed by atoms with E-state index in [0.717, 1.165) is 49.0 Å². The number of hydrogen-bond acceptors (Lipinski definition) is 5. The molecule has 1 fully saturated rings. The van der Waals surface area contributed by atoms with Crippen molar-refractivity contribution < 1.29 is 18.7 Å². The number of benzene rings is 2. The van der Waals surface area contributed by atoms with Gasteiger partial charge in [-0.1, -0.05) is 32.0 Å². The van der Waals surface area contributed by atoms with Crippen LogP contribution in [0.25, 0.3) is 11.0 Å². The maximum Gasteiger partial charge on any atom is 0.332 e. The Balaban J connectivity index is 1.24. The lowest BCUT2D eigenvalue weighted by atomic mass is 9.65. The molecule has 0 spiro atoms. The molecular formula is C34H46FN3O3. The van der Waals surface area contributed by atoms with Crippen molar-refractivity contribution in [3.05, 3.63) is 65.2 Å². The highest BCUT2D eigenvalue weighted by molar-refractivity contribution is 5.76. The van der Waals surface area contributed by atoms with Crippen LogP contribution in [0.5, 0.6) is 0 Å². The van der Waals surface area contributed by atoms with E-state index in [0.29, 0.717) is 24.7 Å². The molecule has 1 heterocycles. The summed E-state index contributed by atoms with van der Waals surface area (Å²) in [5.74, 6) is 2.08. The highest BCUT2D eigenvalue weighted by Crippen LogP contribution is 2.48. The summed E-state index contributed by atoms with van der Waals surface area (Å²) in [5, 5.41) is 0. The molecule has 2 atom stereocenters. The first-order valence-corrected chi connectivity index (χ1v) is 15.3. The molecule has 41 heavy (non-hydrogen) atoms. The highest BCUT2D eigenvalue weighted by Gasteiger charge is 2.47. The van der Waals surface area contributed by atoms with Crippen LogP contribution in [-0.2, 0) is 27.7 Å². The number of halogens is 1. The highest BCUT2D eigenvalue weighted by atomic mass is 19.1. The van der Waals surface area contributed by atoms with Gasteiger partial charge in [-0.25, -0.2) is 14.2 Å². The molecule has 6 nitrogen and oxygen atoms in total. The maximum absolute atomic E-state index is 14.1. The van der Waals surface area contributed by atoms with Crippen molar-refractivity contribution in [2.24, 2.45) is 18.9 Å². The molecular weight excluding hydrogens is 517 g/mol. The van der Waals surface area contributed by atoms with Gasteiger partial charge in [0.25, 0.3) is 0 Å². The molecule has 1 aromatic heterocycles. The molecule has 5 rings (SSSR count). The Morgan fingerprint density at radius 2 is 1.93 bits per heavy atom. The third-order valence-corrected chi connectivity index (χ3v) is 9.59. The standard InChI is InChI=1S/C34H46FN3O3/c1-23(2)32-28-15-14-27(35)20-26(28)16-17-34(32,41-31(39)22-40-5)18-19-37(3)21-24-10-12-25(13-11-24)33-36-29-8-6-7-9-30(29)38(33)4/h6-9,14-15,20,23-25,32H,10-13,16-19,21-22H2,1-5H3/t24?,25?,32-,34-/m0/s1. The van der Waals surface area contributed by atoms with Gasteiger partial charge in [-0.15, -0.1) is 0 Å². The summed E-state index contributed by atoms with van der Waals surface area (Å²) in [7, 11) is 5.86. The van der Waals surface area contributed by atoms with Crippen LogP contribution >= 0.6 is 0 Å². The van der Waals surface area contributed by atoms with Gasteiger partial charge in [-0.2, -0.15) is 0 Å². The second-order valence-electron chi connectivity index (χ2n) is 12.8. The topological polar surface area (TPSA) is 56.6 Å². The van der Waals surface area contributed by atoms with Crippen molar-refractivity contribution in [3.8, 4) is 0 Å². The van der Waals surface area contributed by atoms with Gasteiger partial charge < -0.3 is 18.9 Å². The number of aromatic nitrogens is 2. The number of esters is 1. The summed E-state index contributed by atoms with van der Waals surface area (Å²) in [5.41, 5.74) is 3.80. The predicted molar refractivity (Wildman–Crippen MR) is 161 cm³/mol. The van der Waals surface area contributed by atoms with Gasteiger partial charge in [0.1, 0.15) is 23.8 Å². The number of nitrogens with zero attached hydrogens (tertiary/aromatic N) is 3. The number of fused-ring (bicyclic) bond motifs is 2. The third kappa shape index (κ3) is 6.36. The Bertz CT molecular complexity index is 1350. The number of methoxy groups -OCH3 is 1. The Hall–Kier alpha value is -2.77. The van der Waals surface area contributed by atoms with Crippen molar-refractivity contribution in [1.29, 1.82) is 0 Å². The van der Waals surface area contributed by atoms with Gasteiger partial charge in [0.2, 0.25) is 0 Å². The van der Waals surface area contributed by atoms with Crippen molar-refractivity contribution in [1.82, 2.24) is 14.5 Å². The van der Waals surface area contributed by atoms with Crippen LogP contribution in [0.15, 0.2) is 42.5 Å². The van der Waals surface area contributed by atoms with Crippen LogP contribution in [0.1, 0.15) is 81.2 Å². The summed E-state index contributed by atoms with van der Waals surface area (Å²) >= 11 is 0. The normalized spacial score (nSPS) is 24.6. The molecule has 0 radical (unpaired) electrons. The molecule has 0 saturated heterocycles. The lowest BCUT2D eigenvalue weighted by Gasteiger charge is -2.47. The number of rotatable bonds is 10. The smallest absolute Gasteiger partial charge is 0.332 e. The Labute approximate surface area is 244 Å². The van der Waals surface area contributed by atoms with Crippen molar-refractivity contribution >= 4 is 17.0 Å². The Kier molecular flexibility index (Phi) is 9.15. The first-order valence-electron chi connectivity index (χ1n) is 15.3. The largest absolute Gasteiger partial charge is 0.457 e. The fraction of sp³-hybridized carbons (Fsp3) is 0.588. The lowest BCUT2D eigenvalue weighted by Crippen LogP contribution is -2.49. The lowest BCUT2D eigenvalue weighted by molar-refractivity contribution is -0.172. The third-order valence-electron chi connectivity index (χ3n) is 9.59. The summed E-state index contributed by atoms with van der Waals surface area (Å²) < 4.78 is 27.8. The minimum Gasteiger partial charge on any atom is -0.457 e. The van der Waals surface area contributed by atoms with E-state index in [9.17, 15) is 9.18 Å². The molecule has 1 saturated carbocycles. The zero-order valence-corrected chi connectivity index (χ0v) is 25.4. The van der Waals surface area contributed by atoms with Gasteiger partial charge in [0, 0.05) is 45.5 Å². The number of carbonyl (C=O) groups excluding carboxylic acids is 1. The number of hydrogen-bond donors (Lipinski definition) is 0. The van der Waals surface area contributed by atoms with Crippen LogP contribution in [-0.4, -0.2) is 59.9 Å². The summed E-state index contributed by atoms with van der Waals surface area (Å²) in [4.78, 5) is 20.2. The molecule has 0 amide bonds. The van der Waals surface area contributed by atoms with E-state index >= 15 is 0 Å². The molecule has 2 aliphatic rings. The molecule has 3 aromatic rings. The van der Waals surface area contributed by atoms with E-state index in [1.165, 1.54) is 37.4 Å². The van der Waals surface area contributed by atoms with E-state index in [2.05, 4.69) is 61.7 Å². The van der Waals surface area contributed by atoms with Crippen molar-refractivity contribution in [2.45, 2.75) is 76.2 Å². The van der Waals surface area contributed by atoms with E-state index < -0.39 is 5.60 Å². The van der Waals surface area contributed by atoms with Crippen LogP contribution in [0.3, 0.4) is 0 Å². The molecule has 7 heteroatoms. The molecule has 0 N–H and O–H groups in total. The summed E-state index contributed by atoms with van der Waals surface area (Å²) in [6.45, 7) is 6.16. The van der Waals surface area contributed by atoms with E-state index in [1.807, 2.05) is 6.07 Å². The van der Waals surface area contributed by atoms with Gasteiger partial charge in [-0.3, -0.25) is 0 Å². The summed E-state index contributed by atoms with van der Waals surface area (Å²) in [6, 6.07) is 13.5. The van der Waals surface area contributed by atoms with Gasteiger partial charge in [-0.05, 0) is 92.8 Å². The second kappa shape index (κ2) is 12.6. The quantitative estimate of drug-likeness (QED) is 0.260. The molecule has 0 bridgehead atoms. The second-order valence-corrected chi connectivity index (χ2v) is 12.8. The molecule has 0 unspecified atom stereocenters. The van der Waals surface area contributed by atoms with E-state index in [4.69, 9.17) is 14.5 Å². The van der Waals surface area contributed by atoms with Crippen LogP contribution in [0.2, 0.25) is 0 Å². The zero-order valence-electron chi connectivity index (χ0n) is 25.4. The van der Waals surface area contributed by atoms with Gasteiger partial charge in [0.15, 0.2) is 0 Å². The van der Waals surface area contributed by atoms with Crippen molar-refractivity contribution in [3.63, 3.8) is 0 Å². The van der Waals surface area contributed by atoms with E-state index in [1.54, 1.807) is 6.07 Å². The minimum absolute atomic E-state index is 0.00444. The number of imidazole rings is 1. The van der Waals surface area contributed by atoms with Crippen LogP contribution in [0, 0.1) is 17.7 Å².